The molecule has 2 amide bonds. The zero-order valence-corrected chi connectivity index (χ0v) is 19.5. The summed E-state index contributed by atoms with van der Waals surface area (Å²) in [7, 11) is 0. The Hall–Kier alpha value is -2.41. The number of hydrogen-bond acceptors (Lipinski definition) is 4. The molecule has 1 saturated carbocycles. The Morgan fingerprint density at radius 3 is 2.59 bits per heavy atom. The second-order valence-electron chi connectivity index (χ2n) is 10.3. The Morgan fingerprint density at radius 1 is 1.19 bits per heavy atom. The Kier molecular flexibility index (Phi) is 5.27. The van der Waals surface area contributed by atoms with Crippen molar-refractivity contribution in [3.8, 4) is 11.1 Å². The van der Waals surface area contributed by atoms with Crippen LogP contribution < -0.4 is 5.32 Å². The second kappa shape index (κ2) is 7.87. The number of rotatable bonds is 4. The number of pyridine rings is 1. The van der Waals surface area contributed by atoms with Crippen molar-refractivity contribution in [1.82, 2.24) is 19.7 Å². The summed E-state index contributed by atoms with van der Waals surface area (Å²) in [6.45, 7) is 8.64. The van der Waals surface area contributed by atoms with Crippen LogP contribution in [0.3, 0.4) is 0 Å². The van der Waals surface area contributed by atoms with Crippen molar-refractivity contribution in [1.29, 1.82) is 0 Å². The molecule has 1 unspecified atom stereocenters. The van der Waals surface area contributed by atoms with Gasteiger partial charge in [-0.2, -0.15) is 5.10 Å². The third kappa shape index (κ3) is 3.81. The maximum atomic E-state index is 13.0. The molecule has 169 valence electrons. The lowest BCUT2D eigenvalue weighted by atomic mass is 9.89. The van der Waals surface area contributed by atoms with Gasteiger partial charge in [0, 0.05) is 55.0 Å². The molecule has 1 N–H and O–H groups in total. The molecule has 8 heteroatoms. The van der Waals surface area contributed by atoms with Crippen LogP contribution >= 0.6 is 11.6 Å². The maximum Gasteiger partial charge on any atom is 0.228 e. The Morgan fingerprint density at radius 2 is 1.91 bits per heavy atom. The number of nitrogens with zero attached hydrogens (tertiary/aromatic N) is 4. The van der Waals surface area contributed by atoms with Crippen molar-refractivity contribution in [2.75, 3.05) is 18.4 Å². The Bertz CT molecular complexity index is 1060. The quantitative estimate of drug-likeness (QED) is 0.761. The van der Waals surface area contributed by atoms with E-state index in [0.29, 0.717) is 22.7 Å². The van der Waals surface area contributed by atoms with E-state index in [-0.39, 0.29) is 23.1 Å². The zero-order valence-electron chi connectivity index (χ0n) is 18.8. The molecule has 32 heavy (non-hydrogen) atoms. The normalized spacial score (nSPS) is 25.6. The van der Waals surface area contributed by atoms with Crippen molar-refractivity contribution in [2.45, 2.75) is 46.6 Å². The first-order valence-electron chi connectivity index (χ1n) is 11.3. The lowest BCUT2D eigenvalue weighted by Crippen LogP contribution is -2.30. The van der Waals surface area contributed by atoms with E-state index in [0.717, 1.165) is 50.0 Å². The number of carbonyl (C=O) groups is 2. The van der Waals surface area contributed by atoms with Gasteiger partial charge in [-0.3, -0.25) is 14.3 Å². The first-order valence-corrected chi connectivity index (χ1v) is 11.7. The molecule has 1 aliphatic carbocycles. The van der Waals surface area contributed by atoms with Gasteiger partial charge in [0.2, 0.25) is 11.8 Å². The molecule has 2 aliphatic heterocycles. The minimum atomic E-state index is -0.0463. The Balaban J connectivity index is 1.28. The highest BCUT2D eigenvalue weighted by Crippen LogP contribution is 2.43. The van der Waals surface area contributed by atoms with Gasteiger partial charge in [0.15, 0.2) is 0 Å². The van der Waals surface area contributed by atoms with Crippen LogP contribution in [0.2, 0.25) is 5.02 Å². The average molecular weight is 455 g/mol. The van der Waals surface area contributed by atoms with Crippen LogP contribution in [-0.4, -0.2) is 44.6 Å². The summed E-state index contributed by atoms with van der Waals surface area (Å²) in [6, 6.07) is 1.86. The van der Waals surface area contributed by atoms with Gasteiger partial charge < -0.3 is 10.2 Å². The standard InChI is InChI=1S/C24H29ClN5O2/c1-4-22(31)29-11-15-5-14(6-16(15)12-29)23(32)28-21-7-17(19(25)10-26-21)18-9-27-30-13-24(2,3)8-20(18)30/h4,7,9-10,14-16H,5-6,8,11-13H2,1-3H3,(H,26,28,32)/t14?,15-,16+. The third-order valence-corrected chi connectivity index (χ3v) is 7.55. The topological polar surface area (TPSA) is 80.1 Å². The molecule has 2 aromatic heterocycles. The van der Waals surface area contributed by atoms with Crippen molar-refractivity contribution < 1.29 is 9.59 Å². The molecule has 0 bridgehead atoms. The summed E-state index contributed by atoms with van der Waals surface area (Å²) in [6.07, 6.45) is 7.64. The van der Waals surface area contributed by atoms with Crippen molar-refractivity contribution in [3.05, 3.63) is 35.6 Å². The first-order chi connectivity index (χ1) is 15.2. The van der Waals surface area contributed by atoms with E-state index < -0.39 is 0 Å². The SMILES string of the molecule is C[CH]C(=O)N1C[C@H]2CC(C(=O)Nc3cc(-c4cnn5c4CC(C)(C)C5)c(Cl)cn3)C[C@H]2C1. The summed E-state index contributed by atoms with van der Waals surface area (Å²) in [5, 5.41) is 8.10. The molecule has 2 aromatic rings. The van der Waals surface area contributed by atoms with Crippen LogP contribution in [0.25, 0.3) is 11.1 Å². The van der Waals surface area contributed by atoms with Gasteiger partial charge >= 0.3 is 0 Å². The summed E-state index contributed by atoms with van der Waals surface area (Å²) < 4.78 is 2.05. The minimum Gasteiger partial charge on any atom is -0.342 e. The van der Waals surface area contributed by atoms with Crippen LogP contribution in [0, 0.1) is 29.6 Å². The number of aromatic nitrogens is 3. The van der Waals surface area contributed by atoms with Crippen LogP contribution in [0.5, 0.6) is 0 Å². The summed E-state index contributed by atoms with van der Waals surface area (Å²) in [5.41, 5.74) is 3.20. The molecule has 0 spiro atoms. The lowest BCUT2D eigenvalue weighted by molar-refractivity contribution is -0.126. The van der Waals surface area contributed by atoms with E-state index in [1.165, 1.54) is 5.69 Å². The summed E-state index contributed by atoms with van der Waals surface area (Å²) >= 11 is 6.49. The van der Waals surface area contributed by atoms with Crippen molar-refractivity contribution in [3.63, 3.8) is 0 Å². The highest BCUT2D eigenvalue weighted by Gasteiger charge is 2.44. The van der Waals surface area contributed by atoms with Crippen molar-refractivity contribution >= 4 is 29.2 Å². The first kappa shape index (κ1) is 21.4. The number of likely N-dealkylation sites (tertiary alicyclic amines) is 1. The number of anilines is 1. The van der Waals surface area contributed by atoms with E-state index in [1.807, 2.05) is 21.8 Å². The number of nitrogens with one attached hydrogen (secondary N) is 1. The zero-order chi connectivity index (χ0) is 22.6. The van der Waals surface area contributed by atoms with Gasteiger partial charge in [-0.1, -0.05) is 32.4 Å². The number of carbonyl (C=O) groups excluding carboxylic acids is 2. The predicted octanol–water partition coefficient (Wildman–Crippen LogP) is 3.83. The number of hydrogen-bond donors (Lipinski definition) is 1. The van der Waals surface area contributed by atoms with Gasteiger partial charge in [0.25, 0.3) is 0 Å². The van der Waals surface area contributed by atoms with Gasteiger partial charge in [-0.25, -0.2) is 4.98 Å². The summed E-state index contributed by atoms with van der Waals surface area (Å²) in [5.74, 6) is 1.37. The van der Waals surface area contributed by atoms with E-state index in [2.05, 4.69) is 29.2 Å². The van der Waals surface area contributed by atoms with E-state index in [9.17, 15) is 9.59 Å². The molecular formula is C24H29ClN5O2. The fraction of sp³-hybridized carbons (Fsp3) is 0.542. The molecule has 3 aliphatic rings. The Labute approximate surface area is 193 Å². The largest absolute Gasteiger partial charge is 0.342 e. The van der Waals surface area contributed by atoms with Gasteiger partial charge in [-0.05, 0) is 42.6 Å². The average Bonchev–Trinajstić information content (AvgIpc) is 3.47. The lowest BCUT2D eigenvalue weighted by Gasteiger charge is -2.18. The molecule has 1 radical (unpaired) electrons. The number of fused-ring (bicyclic) bond motifs is 2. The van der Waals surface area contributed by atoms with Crippen molar-refractivity contribution in [2.24, 2.45) is 23.2 Å². The van der Waals surface area contributed by atoms with Crippen LogP contribution in [-0.2, 0) is 22.6 Å². The van der Waals surface area contributed by atoms with Gasteiger partial charge in [0.1, 0.15) is 5.82 Å². The fourth-order valence-electron chi connectivity index (χ4n) is 5.69. The van der Waals surface area contributed by atoms with E-state index in [1.54, 1.807) is 19.5 Å². The summed E-state index contributed by atoms with van der Waals surface area (Å²) in [4.78, 5) is 31.2. The molecule has 3 atom stereocenters. The molecule has 0 aromatic carbocycles. The van der Waals surface area contributed by atoms with E-state index in [4.69, 9.17) is 11.6 Å². The maximum absolute atomic E-state index is 13.0. The molecule has 2 fully saturated rings. The minimum absolute atomic E-state index is 0.00136. The van der Waals surface area contributed by atoms with Gasteiger partial charge in [-0.15, -0.1) is 0 Å². The second-order valence-corrected chi connectivity index (χ2v) is 10.7. The van der Waals surface area contributed by atoms with Crippen LogP contribution in [0.1, 0.15) is 39.3 Å². The molecular weight excluding hydrogens is 426 g/mol. The fourth-order valence-corrected chi connectivity index (χ4v) is 5.90. The highest BCUT2D eigenvalue weighted by molar-refractivity contribution is 6.33. The van der Waals surface area contributed by atoms with Gasteiger partial charge in [0.05, 0.1) is 11.2 Å². The molecule has 7 nitrogen and oxygen atoms in total. The molecule has 4 heterocycles. The van der Waals surface area contributed by atoms with E-state index >= 15 is 0 Å². The highest BCUT2D eigenvalue weighted by atomic mass is 35.5. The smallest absolute Gasteiger partial charge is 0.228 e. The predicted molar refractivity (Wildman–Crippen MR) is 123 cm³/mol. The molecule has 5 rings (SSSR count). The monoisotopic (exact) mass is 454 g/mol. The number of halogens is 1. The van der Waals surface area contributed by atoms with Crippen LogP contribution in [0.4, 0.5) is 5.82 Å². The van der Waals surface area contributed by atoms with Crippen LogP contribution in [0.15, 0.2) is 18.5 Å². The molecule has 1 saturated heterocycles. The number of amides is 2. The third-order valence-electron chi connectivity index (χ3n) is 7.25.